The molecule has 112 valence electrons. The van der Waals surface area contributed by atoms with Crippen molar-refractivity contribution in [2.45, 2.75) is 6.92 Å². The molecule has 2 heterocycles. The first-order chi connectivity index (χ1) is 10.6. The Morgan fingerprint density at radius 3 is 2.91 bits per heavy atom. The minimum absolute atomic E-state index is 0.313. The number of rotatable bonds is 3. The monoisotopic (exact) mass is 427 g/mol. The molecule has 7 heteroatoms. The summed E-state index contributed by atoms with van der Waals surface area (Å²) in [5.41, 5.74) is 1.10. The number of hydrogen-bond donors (Lipinski definition) is 0. The molecule has 0 radical (unpaired) electrons. The second-order valence-electron chi connectivity index (χ2n) is 4.50. The van der Waals surface area contributed by atoms with Gasteiger partial charge in [-0.05, 0) is 47.7 Å². The van der Waals surface area contributed by atoms with E-state index in [2.05, 4.69) is 32.6 Å². The van der Waals surface area contributed by atoms with E-state index in [0.29, 0.717) is 28.5 Å². The maximum Gasteiger partial charge on any atom is 0.338 e. The molecule has 2 aromatic heterocycles. The van der Waals surface area contributed by atoms with Crippen LogP contribution < -0.4 is 0 Å². The predicted molar refractivity (Wildman–Crippen MR) is 92.5 cm³/mol. The molecule has 0 bridgehead atoms. The molecule has 0 aliphatic heterocycles. The van der Waals surface area contributed by atoms with Crippen LogP contribution in [0.5, 0.6) is 0 Å². The predicted octanol–water partition coefficient (Wildman–Crippen LogP) is 3.86. The van der Waals surface area contributed by atoms with Gasteiger partial charge in [0.15, 0.2) is 0 Å². The molecule has 0 saturated carbocycles. The number of halogens is 2. The van der Waals surface area contributed by atoms with E-state index < -0.39 is 0 Å². The van der Waals surface area contributed by atoms with Crippen molar-refractivity contribution in [1.29, 1.82) is 0 Å². The number of fused-ring (bicyclic) bond motifs is 1. The van der Waals surface area contributed by atoms with Gasteiger partial charge < -0.3 is 4.74 Å². The van der Waals surface area contributed by atoms with Gasteiger partial charge in [-0.2, -0.15) is 0 Å². The fraction of sp³-hybridized carbons (Fsp3) is 0.133. The number of nitrogens with zero attached hydrogens (tertiary/aromatic N) is 3. The third kappa shape index (κ3) is 2.80. The number of hydrogen-bond acceptors (Lipinski definition) is 4. The van der Waals surface area contributed by atoms with Gasteiger partial charge in [0, 0.05) is 21.4 Å². The minimum atomic E-state index is -0.380. The van der Waals surface area contributed by atoms with Crippen LogP contribution in [0.1, 0.15) is 17.3 Å². The first-order valence-corrected chi connectivity index (χ1v) is 8.01. The topological polar surface area (TPSA) is 57.0 Å². The lowest BCUT2D eigenvalue weighted by atomic mass is 10.1. The molecule has 0 unspecified atom stereocenters. The summed E-state index contributed by atoms with van der Waals surface area (Å²) < 4.78 is 7.74. The summed E-state index contributed by atoms with van der Waals surface area (Å²) in [6, 6.07) is 5.29. The molecule has 0 fully saturated rings. The minimum Gasteiger partial charge on any atom is -0.462 e. The van der Waals surface area contributed by atoms with E-state index in [-0.39, 0.29) is 5.97 Å². The molecule has 0 aliphatic rings. The summed E-state index contributed by atoms with van der Waals surface area (Å²) in [6.07, 6.45) is 5.03. The number of aromatic nitrogens is 3. The Bertz CT molecular complexity index is 850. The largest absolute Gasteiger partial charge is 0.462 e. The van der Waals surface area contributed by atoms with Crippen LogP contribution in [0.2, 0.25) is 5.02 Å². The summed E-state index contributed by atoms with van der Waals surface area (Å²) in [7, 11) is 0. The quantitative estimate of drug-likeness (QED) is 0.470. The van der Waals surface area contributed by atoms with Gasteiger partial charge in [-0.15, -0.1) is 0 Å². The molecule has 3 rings (SSSR count). The van der Waals surface area contributed by atoms with Crippen molar-refractivity contribution < 1.29 is 9.53 Å². The Hall–Kier alpha value is -1.67. The maximum absolute atomic E-state index is 12.3. The van der Waals surface area contributed by atoms with Crippen molar-refractivity contribution in [1.82, 2.24) is 14.5 Å². The van der Waals surface area contributed by atoms with Crippen LogP contribution in [0.3, 0.4) is 0 Å². The zero-order valence-corrected chi connectivity index (χ0v) is 14.5. The fourth-order valence-corrected chi connectivity index (χ4v) is 2.74. The van der Waals surface area contributed by atoms with E-state index in [9.17, 15) is 4.79 Å². The lowest BCUT2D eigenvalue weighted by molar-refractivity contribution is 0.0528. The van der Waals surface area contributed by atoms with Crippen LogP contribution in [-0.4, -0.2) is 27.1 Å². The van der Waals surface area contributed by atoms with Gasteiger partial charge in [0.05, 0.1) is 22.7 Å². The molecule has 22 heavy (non-hydrogen) atoms. The Morgan fingerprint density at radius 2 is 2.23 bits per heavy atom. The van der Waals surface area contributed by atoms with E-state index in [4.69, 9.17) is 16.3 Å². The lowest BCUT2D eigenvalue weighted by Gasteiger charge is -2.10. The van der Waals surface area contributed by atoms with E-state index in [1.165, 1.54) is 0 Å². The fourth-order valence-electron chi connectivity index (χ4n) is 2.11. The zero-order valence-electron chi connectivity index (χ0n) is 11.6. The second-order valence-corrected chi connectivity index (χ2v) is 6.07. The first kappa shape index (κ1) is 15.2. The molecule has 3 aromatic rings. The van der Waals surface area contributed by atoms with Gasteiger partial charge in [-0.25, -0.2) is 14.8 Å². The third-order valence-electron chi connectivity index (χ3n) is 3.10. The molecule has 1 aromatic carbocycles. The Morgan fingerprint density at radius 1 is 1.41 bits per heavy atom. The average Bonchev–Trinajstić information content (AvgIpc) is 3.02. The number of esters is 1. The van der Waals surface area contributed by atoms with Crippen LogP contribution in [0.25, 0.3) is 16.7 Å². The van der Waals surface area contributed by atoms with Gasteiger partial charge in [-0.1, -0.05) is 11.6 Å². The van der Waals surface area contributed by atoms with Crippen molar-refractivity contribution in [2.75, 3.05) is 6.61 Å². The van der Waals surface area contributed by atoms with Crippen LogP contribution in [-0.2, 0) is 4.74 Å². The van der Waals surface area contributed by atoms with Crippen molar-refractivity contribution in [3.8, 4) is 5.82 Å². The summed E-state index contributed by atoms with van der Waals surface area (Å²) in [4.78, 5) is 20.8. The van der Waals surface area contributed by atoms with E-state index >= 15 is 0 Å². The van der Waals surface area contributed by atoms with E-state index in [1.54, 1.807) is 42.3 Å². The van der Waals surface area contributed by atoms with Gasteiger partial charge >= 0.3 is 5.97 Å². The van der Waals surface area contributed by atoms with Crippen molar-refractivity contribution >= 4 is 51.1 Å². The first-order valence-electron chi connectivity index (χ1n) is 6.55. The highest BCUT2D eigenvalue weighted by atomic mass is 127. The molecule has 0 saturated heterocycles. The van der Waals surface area contributed by atoms with Crippen LogP contribution in [0, 0.1) is 3.57 Å². The summed E-state index contributed by atoms with van der Waals surface area (Å²) in [5.74, 6) is 0.208. The number of carbonyl (C=O) groups is 1. The molecule has 0 aliphatic carbocycles. The Kier molecular flexibility index (Phi) is 4.30. The number of benzene rings is 1. The third-order valence-corrected chi connectivity index (χ3v) is 4.63. The van der Waals surface area contributed by atoms with Crippen molar-refractivity contribution in [3.05, 3.63) is 51.1 Å². The molecular weight excluding hydrogens is 417 g/mol. The van der Waals surface area contributed by atoms with Crippen LogP contribution in [0.15, 0.2) is 36.9 Å². The van der Waals surface area contributed by atoms with Gasteiger partial charge in [0.25, 0.3) is 0 Å². The van der Waals surface area contributed by atoms with Gasteiger partial charge in [-0.3, -0.25) is 4.57 Å². The number of imidazole rings is 1. The highest BCUT2D eigenvalue weighted by Gasteiger charge is 2.16. The average molecular weight is 428 g/mol. The highest BCUT2D eigenvalue weighted by Crippen LogP contribution is 2.28. The number of pyridine rings is 1. The van der Waals surface area contributed by atoms with E-state index in [0.717, 1.165) is 8.96 Å². The Labute approximate surface area is 145 Å². The molecule has 0 N–H and O–H groups in total. The lowest BCUT2D eigenvalue weighted by Crippen LogP contribution is -2.08. The van der Waals surface area contributed by atoms with E-state index in [1.807, 2.05) is 6.07 Å². The molecule has 0 atom stereocenters. The van der Waals surface area contributed by atoms with Gasteiger partial charge in [0.1, 0.15) is 12.1 Å². The standard InChI is InChI=1S/C15H11ClIN3O2/c1-2-22-15(21)10-6-14(20-4-3-18-8-20)19-13-7-11(16)12(17)5-9(10)13/h3-8H,2H2,1H3. The van der Waals surface area contributed by atoms with Crippen molar-refractivity contribution in [2.24, 2.45) is 0 Å². The highest BCUT2D eigenvalue weighted by molar-refractivity contribution is 14.1. The second kappa shape index (κ2) is 6.21. The SMILES string of the molecule is CCOC(=O)c1cc(-n2ccnc2)nc2cc(Cl)c(I)cc12. The van der Waals surface area contributed by atoms with Crippen LogP contribution >= 0.6 is 34.2 Å². The normalized spacial score (nSPS) is 10.9. The molecular formula is C15H11ClIN3O2. The summed E-state index contributed by atoms with van der Waals surface area (Å²) in [5, 5.41) is 1.31. The van der Waals surface area contributed by atoms with Gasteiger partial charge in [0.2, 0.25) is 0 Å². The number of ether oxygens (including phenoxy) is 1. The Balaban J connectivity index is 2.28. The van der Waals surface area contributed by atoms with Crippen LogP contribution in [0.4, 0.5) is 0 Å². The maximum atomic E-state index is 12.3. The molecule has 0 amide bonds. The smallest absolute Gasteiger partial charge is 0.338 e. The number of carbonyl (C=O) groups excluding carboxylic acids is 1. The zero-order chi connectivity index (χ0) is 15.7. The summed E-state index contributed by atoms with van der Waals surface area (Å²) in [6.45, 7) is 2.09. The van der Waals surface area contributed by atoms with Crippen molar-refractivity contribution in [3.63, 3.8) is 0 Å². The summed E-state index contributed by atoms with van der Waals surface area (Å²) >= 11 is 8.30. The molecule has 0 spiro atoms. The molecule has 5 nitrogen and oxygen atoms in total.